The van der Waals surface area contributed by atoms with E-state index in [0.717, 1.165) is 64.2 Å². The van der Waals surface area contributed by atoms with Gasteiger partial charge in [0.05, 0.1) is 5.60 Å². The fraction of sp³-hybridized carbons (Fsp3) is 0.905. The molecule has 0 spiro atoms. The van der Waals surface area contributed by atoms with Crippen molar-refractivity contribution in [1.82, 2.24) is 0 Å². The maximum absolute atomic E-state index is 12.2. The summed E-state index contributed by atoms with van der Waals surface area (Å²) in [6.45, 7) is 4.11. The Hall–Kier alpha value is -0.900. The van der Waals surface area contributed by atoms with Crippen LogP contribution >= 0.6 is 0 Å². The molecule has 0 aromatic rings. The van der Waals surface area contributed by atoms with Gasteiger partial charge in [-0.3, -0.25) is 9.59 Å². The second kappa shape index (κ2) is 11.7. The first-order chi connectivity index (χ1) is 11.9. The van der Waals surface area contributed by atoms with Gasteiger partial charge in [0.15, 0.2) is 0 Å². The number of rotatable bonds is 14. The van der Waals surface area contributed by atoms with Crippen molar-refractivity contribution < 1.29 is 19.8 Å². The van der Waals surface area contributed by atoms with Gasteiger partial charge in [-0.1, -0.05) is 45.4 Å². The first kappa shape index (κ1) is 22.1. The molecule has 0 amide bonds. The smallest absolute Gasteiger partial charge is 0.303 e. The summed E-state index contributed by atoms with van der Waals surface area (Å²) in [6, 6.07) is 0. The van der Waals surface area contributed by atoms with Crippen LogP contribution in [0, 0.1) is 11.8 Å². The van der Waals surface area contributed by atoms with Crippen LogP contribution in [0.4, 0.5) is 0 Å². The van der Waals surface area contributed by atoms with E-state index < -0.39 is 11.6 Å². The molecule has 4 heteroatoms. The molecule has 25 heavy (non-hydrogen) atoms. The lowest BCUT2D eigenvalue weighted by atomic mass is 9.83. The molecular weight excluding hydrogens is 316 g/mol. The summed E-state index contributed by atoms with van der Waals surface area (Å²) in [5.41, 5.74) is -0.595. The Kier molecular flexibility index (Phi) is 10.3. The lowest BCUT2D eigenvalue weighted by Crippen LogP contribution is -2.26. The third-order valence-electron chi connectivity index (χ3n) is 5.77. The zero-order chi connectivity index (χ0) is 18.7. The highest BCUT2D eigenvalue weighted by molar-refractivity contribution is 5.83. The lowest BCUT2D eigenvalue weighted by molar-refractivity contribution is -0.137. The summed E-state index contributed by atoms with van der Waals surface area (Å²) in [5.74, 6) is 0.285. The molecule has 1 rings (SSSR count). The molecule has 0 aromatic heterocycles. The SMILES string of the molecule is CCCCCC(C)(O)CCC1CCC(=O)[C@@H]1CCCCCCC(=O)O. The van der Waals surface area contributed by atoms with Gasteiger partial charge in [0.2, 0.25) is 0 Å². The van der Waals surface area contributed by atoms with Crippen LogP contribution in [0.1, 0.15) is 104 Å². The van der Waals surface area contributed by atoms with Crippen LogP contribution in [0.2, 0.25) is 0 Å². The standard InChI is InChI=1S/C21H38O4/c1-3-4-9-15-21(2,25)16-14-17-12-13-19(22)18(17)10-7-5-6-8-11-20(23)24/h17-18,25H,3-16H2,1-2H3,(H,23,24)/t17?,18-,21?/m1/s1. The number of hydrogen-bond acceptors (Lipinski definition) is 3. The Morgan fingerprint density at radius 2 is 1.80 bits per heavy atom. The summed E-state index contributed by atoms with van der Waals surface area (Å²) in [7, 11) is 0. The maximum Gasteiger partial charge on any atom is 0.303 e. The third kappa shape index (κ3) is 9.39. The fourth-order valence-electron chi connectivity index (χ4n) is 4.09. The summed E-state index contributed by atoms with van der Waals surface area (Å²) >= 11 is 0. The number of aliphatic hydroxyl groups is 1. The van der Waals surface area contributed by atoms with Crippen LogP contribution in [-0.2, 0) is 9.59 Å². The minimum atomic E-state index is -0.725. The highest BCUT2D eigenvalue weighted by Gasteiger charge is 2.35. The van der Waals surface area contributed by atoms with Crippen LogP contribution in [-0.4, -0.2) is 27.6 Å². The molecule has 0 bridgehead atoms. The van der Waals surface area contributed by atoms with Crippen LogP contribution in [0.15, 0.2) is 0 Å². The van der Waals surface area contributed by atoms with E-state index in [-0.39, 0.29) is 12.3 Å². The van der Waals surface area contributed by atoms with E-state index in [0.29, 0.717) is 18.1 Å². The molecule has 1 aliphatic carbocycles. The minimum Gasteiger partial charge on any atom is -0.481 e. The molecule has 2 N–H and O–H groups in total. The highest BCUT2D eigenvalue weighted by atomic mass is 16.4. The average molecular weight is 355 g/mol. The van der Waals surface area contributed by atoms with Crippen LogP contribution in [0.5, 0.6) is 0 Å². The lowest BCUT2D eigenvalue weighted by Gasteiger charge is -2.26. The van der Waals surface area contributed by atoms with Gasteiger partial charge < -0.3 is 10.2 Å². The van der Waals surface area contributed by atoms with Crippen LogP contribution in [0.3, 0.4) is 0 Å². The Balaban J connectivity index is 2.28. The first-order valence-corrected chi connectivity index (χ1v) is 10.3. The Bertz CT molecular complexity index is 403. The van der Waals surface area contributed by atoms with Gasteiger partial charge in [-0.05, 0) is 51.4 Å². The summed E-state index contributed by atoms with van der Waals surface area (Å²) in [4.78, 5) is 22.7. The molecule has 0 aromatic carbocycles. The summed E-state index contributed by atoms with van der Waals surface area (Å²) in [5, 5.41) is 19.2. The Morgan fingerprint density at radius 1 is 1.08 bits per heavy atom. The molecule has 1 fully saturated rings. The van der Waals surface area contributed by atoms with Gasteiger partial charge in [0, 0.05) is 18.8 Å². The fourth-order valence-corrected chi connectivity index (χ4v) is 4.09. The number of carboxylic acid groups (broad SMARTS) is 1. The Morgan fingerprint density at radius 3 is 2.48 bits per heavy atom. The first-order valence-electron chi connectivity index (χ1n) is 10.3. The number of carbonyl (C=O) groups excluding carboxylic acids is 1. The van der Waals surface area contributed by atoms with E-state index >= 15 is 0 Å². The minimum absolute atomic E-state index is 0.172. The number of aliphatic carboxylic acids is 1. The summed E-state index contributed by atoms with van der Waals surface area (Å²) < 4.78 is 0. The molecule has 4 nitrogen and oxygen atoms in total. The number of carboxylic acids is 1. The predicted octanol–water partition coefficient (Wildman–Crippen LogP) is 5.12. The van der Waals surface area contributed by atoms with Gasteiger partial charge in [-0.2, -0.15) is 0 Å². The van der Waals surface area contributed by atoms with Gasteiger partial charge in [0.25, 0.3) is 0 Å². The molecule has 0 saturated heterocycles. The number of ketones is 1. The highest BCUT2D eigenvalue weighted by Crippen LogP contribution is 2.37. The monoisotopic (exact) mass is 354 g/mol. The van der Waals surface area contributed by atoms with Crippen molar-refractivity contribution in [3.8, 4) is 0 Å². The van der Waals surface area contributed by atoms with Crippen molar-refractivity contribution in [2.24, 2.45) is 11.8 Å². The van der Waals surface area contributed by atoms with Crippen molar-refractivity contribution in [3.05, 3.63) is 0 Å². The molecule has 146 valence electrons. The van der Waals surface area contributed by atoms with E-state index in [1.54, 1.807) is 0 Å². The molecule has 0 radical (unpaired) electrons. The quantitative estimate of drug-likeness (QED) is 0.425. The Labute approximate surface area is 153 Å². The second-order valence-electron chi connectivity index (χ2n) is 8.21. The number of hydrogen-bond donors (Lipinski definition) is 2. The van der Waals surface area contributed by atoms with Gasteiger partial charge in [-0.15, -0.1) is 0 Å². The molecule has 1 saturated carbocycles. The van der Waals surface area contributed by atoms with Crippen molar-refractivity contribution in [1.29, 1.82) is 0 Å². The molecule has 2 unspecified atom stereocenters. The molecule has 3 atom stereocenters. The van der Waals surface area contributed by atoms with Gasteiger partial charge >= 0.3 is 5.97 Å². The third-order valence-corrected chi connectivity index (χ3v) is 5.77. The molecule has 1 aliphatic rings. The summed E-state index contributed by atoms with van der Waals surface area (Å²) in [6.07, 6.45) is 12.6. The number of carbonyl (C=O) groups is 2. The van der Waals surface area contributed by atoms with E-state index in [1.807, 2.05) is 6.92 Å². The molecule has 0 aliphatic heterocycles. The van der Waals surface area contributed by atoms with Crippen LogP contribution < -0.4 is 0 Å². The van der Waals surface area contributed by atoms with E-state index in [4.69, 9.17) is 5.11 Å². The van der Waals surface area contributed by atoms with E-state index in [1.165, 1.54) is 12.8 Å². The number of unbranched alkanes of at least 4 members (excludes halogenated alkanes) is 5. The topological polar surface area (TPSA) is 74.6 Å². The van der Waals surface area contributed by atoms with Crippen LogP contribution in [0.25, 0.3) is 0 Å². The normalized spacial score (nSPS) is 22.9. The largest absolute Gasteiger partial charge is 0.481 e. The predicted molar refractivity (Wildman–Crippen MR) is 101 cm³/mol. The molecule has 0 heterocycles. The molecular formula is C21H38O4. The van der Waals surface area contributed by atoms with E-state index in [2.05, 4.69) is 6.92 Å². The van der Waals surface area contributed by atoms with Gasteiger partial charge in [0.1, 0.15) is 5.78 Å². The van der Waals surface area contributed by atoms with Crippen molar-refractivity contribution in [2.75, 3.05) is 0 Å². The van der Waals surface area contributed by atoms with Crippen molar-refractivity contribution in [3.63, 3.8) is 0 Å². The van der Waals surface area contributed by atoms with Crippen molar-refractivity contribution in [2.45, 2.75) is 109 Å². The van der Waals surface area contributed by atoms with Crippen molar-refractivity contribution >= 4 is 11.8 Å². The average Bonchev–Trinajstić information content (AvgIpc) is 2.89. The maximum atomic E-state index is 12.2. The zero-order valence-electron chi connectivity index (χ0n) is 16.3. The van der Waals surface area contributed by atoms with Gasteiger partial charge in [-0.25, -0.2) is 0 Å². The number of Topliss-reactive ketones (excluding diaryl/α,β-unsaturated/α-hetero) is 1. The zero-order valence-corrected chi connectivity index (χ0v) is 16.3. The second-order valence-corrected chi connectivity index (χ2v) is 8.21. The van der Waals surface area contributed by atoms with E-state index in [9.17, 15) is 14.7 Å².